The number of phenols is 1. The smallest absolute Gasteiger partial charge is 0.174 e. The van der Waals surface area contributed by atoms with Crippen molar-refractivity contribution >= 4 is 5.78 Å². The summed E-state index contributed by atoms with van der Waals surface area (Å²) < 4.78 is 6.01. The number of piperidine rings is 1. The van der Waals surface area contributed by atoms with Gasteiger partial charge in [0.25, 0.3) is 0 Å². The topological polar surface area (TPSA) is 70.0 Å². The molecule has 2 heterocycles. The van der Waals surface area contributed by atoms with Gasteiger partial charge < -0.3 is 14.9 Å². The van der Waals surface area contributed by atoms with E-state index in [0.29, 0.717) is 31.6 Å². The molecule has 1 aliphatic carbocycles. The Morgan fingerprint density at radius 2 is 2.20 bits per heavy atom. The number of benzene rings is 1. The first-order valence-electron chi connectivity index (χ1n) is 8.96. The first-order valence-corrected chi connectivity index (χ1v) is 8.96. The molecule has 1 aromatic carbocycles. The van der Waals surface area contributed by atoms with E-state index in [-0.39, 0.29) is 17.6 Å². The van der Waals surface area contributed by atoms with E-state index in [1.165, 1.54) is 0 Å². The molecular formula is C20H25NO4. The zero-order chi connectivity index (χ0) is 18.0. The Balaban J connectivity index is 1.95. The number of aryl methyl sites for hydroxylation is 1. The van der Waals surface area contributed by atoms with Crippen LogP contribution in [0.25, 0.3) is 0 Å². The normalized spacial score (nSPS) is 37.0. The summed E-state index contributed by atoms with van der Waals surface area (Å²) in [4.78, 5) is 14.9. The highest BCUT2D eigenvalue weighted by molar-refractivity contribution is 5.89. The number of carbonyl (C=O) groups is 1. The van der Waals surface area contributed by atoms with Gasteiger partial charge in [0.1, 0.15) is 0 Å². The molecule has 2 fully saturated rings. The molecule has 5 heteroatoms. The predicted molar refractivity (Wildman–Crippen MR) is 94.0 cm³/mol. The summed E-state index contributed by atoms with van der Waals surface area (Å²) in [6.45, 7) is 9.24. The number of fused-ring (bicyclic) bond motifs is 1. The van der Waals surface area contributed by atoms with Gasteiger partial charge in [0, 0.05) is 24.6 Å². The van der Waals surface area contributed by atoms with Crippen molar-refractivity contribution < 1.29 is 19.7 Å². The van der Waals surface area contributed by atoms with Gasteiger partial charge in [-0.2, -0.15) is 0 Å². The summed E-state index contributed by atoms with van der Waals surface area (Å²) in [7, 11) is 0. The lowest BCUT2D eigenvalue weighted by molar-refractivity contribution is -0.180. The Bertz CT molecular complexity index is 760. The molecule has 25 heavy (non-hydrogen) atoms. The van der Waals surface area contributed by atoms with Gasteiger partial charge >= 0.3 is 0 Å². The molecule has 0 bridgehead atoms. The minimum absolute atomic E-state index is 0.0176. The molecule has 3 aliphatic rings. The minimum Gasteiger partial charge on any atom is -0.504 e. The molecule has 1 aromatic rings. The average Bonchev–Trinajstić information content (AvgIpc) is 2.95. The van der Waals surface area contributed by atoms with E-state index < -0.39 is 17.1 Å². The largest absolute Gasteiger partial charge is 0.504 e. The zero-order valence-corrected chi connectivity index (χ0v) is 14.8. The number of nitrogens with zero attached hydrogens (tertiary/aromatic N) is 1. The number of rotatable bonds is 2. The van der Waals surface area contributed by atoms with E-state index in [4.69, 9.17) is 4.74 Å². The van der Waals surface area contributed by atoms with Crippen molar-refractivity contribution in [2.75, 3.05) is 13.1 Å². The van der Waals surface area contributed by atoms with Crippen molar-refractivity contribution in [2.45, 2.75) is 56.3 Å². The monoisotopic (exact) mass is 343 g/mol. The molecule has 4 rings (SSSR count). The number of hydrogen-bond donors (Lipinski definition) is 2. The van der Waals surface area contributed by atoms with Gasteiger partial charge in [-0.3, -0.25) is 9.69 Å². The molecule has 4 atom stereocenters. The summed E-state index contributed by atoms with van der Waals surface area (Å²) >= 11 is 0. The highest BCUT2D eigenvalue weighted by Gasteiger charge is 2.70. The summed E-state index contributed by atoms with van der Waals surface area (Å²) in [5.41, 5.74) is -0.111. The Morgan fingerprint density at radius 3 is 2.92 bits per heavy atom. The second-order valence-corrected chi connectivity index (χ2v) is 7.68. The number of ketones is 1. The Hall–Kier alpha value is -1.85. The fourth-order valence-corrected chi connectivity index (χ4v) is 5.43. The van der Waals surface area contributed by atoms with Crippen LogP contribution in [0, 0.1) is 6.92 Å². The van der Waals surface area contributed by atoms with E-state index in [1.54, 1.807) is 6.07 Å². The number of hydrogen-bond acceptors (Lipinski definition) is 5. The molecule has 0 aromatic heterocycles. The number of Topliss-reactive ketones (excluding diaryl/α,β-unsaturated/α-hetero) is 1. The zero-order valence-electron chi connectivity index (χ0n) is 14.8. The van der Waals surface area contributed by atoms with E-state index in [0.717, 1.165) is 17.7 Å². The summed E-state index contributed by atoms with van der Waals surface area (Å²) in [5, 5.41) is 22.2. The van der Waals surface area contributed by atoms with Crippen LogP contribution in [0.4, 0.5) is 0 Å². The maximum Gasteiger partial charge on any atom is 0.174 e. The number of aromatic hydroxyl groups is 1. The summed E-state index contributed by atoms with van der Waals surface area (Å²) in [6, 6.07) is 3.31. The third-order valence-electron chi connectivity index (χ3n) is 6.69. The van der Waals surface area contributed by atoms with Gasteiger partial charge in [-0.1, -0.05) is 12.1 Å². The molecule has 0 amide bonds. The van der Waals surface area contributed by atoms with Crippen molar-refractivity contribution in [2.24, 2.45) is 0 Å². The lowest BCUT2D eigenvalue weighted by Gasteiger charge is -2.59. The minimum atomic E-state index is -1.09. The molecule has 1 unspecified atom stereocenters. The lowest BCUT2D eigenvalue weighted by Crippen LogP contribution is -2.73. The first-order chi connectivity index (χ1) is 11.9. The van der Waals surface area contributed by atoms with E-state index >= 15 is 0 Å². The van der Waals surface area contributed by atoms with Crippen LogP contribution >= 0.6 is 0 Å². The summed E-state index contributed by atoms with van der Waals surface area (Å²) in [6.07, 6.45) is 2.45. The third kappa shape index (κ3) is 1.88. The van der Waals surface area contributed by atoms with Crippen molar-refractivity contribution in [3.63, 3.8) is 0 Å². The van der Waals surface area contributed by atoms with Gasteiger partial charge in [0.15, 0.2) is 23.4 Å². The molecule has 1 saturated carbocycles. The van der Waals surface area contributed by atoms with E-state index in [1.807, 2.05) is 26.0 Å². The standard InChI is InChI=1S/C20H25NO4/c1-4-10-21-11-9-19-16-12(2)5-6-14(22)17(16)25-18(19)15(23)7-8-20(19,24)13(21)3/h4-6,13,18,22,24H,1,7-11H2,2-3H3/t13?,18-,19-,20+/m0/s1. The van der Waals surface area contributed by atoms with Crippen molar-refractivity contribution in [3.05, 3.63) is 35.9 Å². The van der Waals surface area contributed by atoms with Crippen LogP contribution in [0.15, 0.2) is 24.8 Å². The lowest BCUT2D eigenvalue weighted by atomic mass is 9.52. The van der Waals surface area contributed by atoms with Crippen LogP contribution in [0.5, 0.6) is 11.5 Å². The second-order valence-electron chi connectivity index (χ2n) is 7.68. The Morgan fingerprint density at radius 1 is 1.44 bits per heavy atom. The molecule has 1 saturated heterocycles. The van der Waals surface area contributed by atoms with Crippen LogP contribution in [-0.4, -0.2) is 51.7 Å². The highest BCUT2D eigenvalue weighted by atomic mass is 16.5. The molecule has 0 radical (unpaired) electrons. The predicted octanol–water partition coefficient (Wildman–Crippen LogP) is 2.07. The van der Waals surface area contributed by atoms with Gasteiger partial charge in [0.2, 0.25) is 0 Å². The summed E-state index contributed by atoms with van der Waals surface area (Å²) in [5.74, 6) is 0.438. The Labute approximate surface area is 147 Å². The number of likely N-dealkylation sites (tertiary alicyclic amines) is 1. The quantitative estimate of drug-likeness (QED) is 0.805. The second kappa shape index (κ2) is 5.32. The van der Waals surface area contributed by atoms with Crippen molar-refractivity contribution in [3.8, 4) is 11.5 Å². The maximum absolute atomic E-state index is 12.7. The van der Waals surface area contributed by atoms with Gasteiger partial charge in [-0.15, -0.1) is 6.58 Å². The number of carbonyl (C=O) groups excluding carboxylic acids is 1. The van der Waals surface area contributed by atoms with Crippen LogP contribution in [-0.2, 0) is 10.2 Å². The van der Waals surface area contributed by atoms with Crippen molar-refractivity contribution in [1.29, 1.82) is 0 Å². The maximum atomic E-state index is 12.7. The molecule has 5 nitrogen and oxygen atoms in total. The van der Waals surface area contributed by atoms with Crippen molar-refractivity contribution in [1.82, 2.24) is 4.90 Å². The van der Waals surface area contributed by atoms with Crippen LogP contribution in [0.1, 0.15) is 37.3 Å². The van der Waals surface area contributed by atoms with E-state index in [9.17, 15) is 15.0 Å². The molecule has 1 spiro atoms. The average molecular weight is 343 g/mol. The van der Waals surface area contributed by atoms with Gasteiger partial charge in [-0.25, -0.2) is 0 Å². The molecule has 2 aliphatic heterocycles. The van der Waals surface area contributed by atoms with Crippen LogP contribution in [0.2, 0.25) is 0 Å². The fraction of sp³-hybridized carbons (Fsp3) is 0.550. The number of phenolic OH excluding ortho intramolecular Hbond substituents is 1. The van der Waals surface area contributed by atoms with Gasteiger partial charge in [0.05, 0.1) is 11.0 Å². The molecule has 134 valence electrons. The van der Waals surface area contributed by atoms with Crippen LogP contribution in [0.3, 0.4) is 0 Å². The molecule has 2 N–H and O–H groups in total. The van der Waals surface area contributed by atoms with Crippen LogP contribution < -0.4 is 4.74 Å². The SMILES string of the molecule is C=CCN1CC[C@]23c4c(C)ccc(O)c4O[C@H]2C(=O)CC[C@@]3(O)C1C. The fourth-order valence-electron chi connectivity index (χ4n) is 5.43. The first kappa shape index (κ1) is 16.6. The number of ether oxygens (including phenoxy) is 1. The Kier molecular flexibility index (Phi) is 3.54. The highest BCUT2D eigenvalue weighted by Crippen LogP contribution is 2.61. The van der Waals surface area contributed by atoms with E-state index in [2.05, 4.69) is 11.5 Å². The third-order valence-corrected chi connectivity index (χ3v) is 6.69. The van der Waals surface area contributed by atoms with Gasteiger partial charge in [-0.05, 0) is 44.9 Å². The number of aliphatic hydroxyl groups is 1. The molecular weight excluding hydrogens is 318 g/mol.